The molecule has 2 aromatic rings. The van der Waals surface area contributed by atoms with E-state index in [9.17, 15) is 26.4 Å². The lowest BCUT2D eigenvalue weighted by atomic mass is 10.2. The van der Waals surface area contributed by atoms with Crippen molar-refractivity contribution in [2.24, 2.45) is 15.3 Å². The molecule has 1 unspecified atom stereocenters. The van der Waals surface area contributed by atoms with Crippen LogP contribution in [0.3, 0.4) is 0 Å². The molecule has 0 aliphatic carbocycles. The molecule has 226 valence electrons. The zero-order valence-corrected chi connectivity index (χ0v) is 24.9. The van der Waals surface area contributed by atoms with Crippen LogP contribution >= 0.6 is 0 Å². The topological polar surface area (TPSA) is 191 Å². The number of carbonyl (C=O) groups is 2. The predicted octanol–water partition coefficient (Wildman–Crippen LogP) is 3.03. The van der Waals surface area contributed by atoms with Crippen LogP contribution in [0.5, 0.6) is 5.75 Å². The van der Waals surface area contributed by atoms with E-state index in [-0.39, 0.29) is 58.1 Å². The molecule has 0 aromatic heterocycles. The minimum absolute atomic E-state index is 0.00445. The fourth-order valence-electron chi connectivity index (χ4n) is 3.68. The summed E-state index contributed by atoms with van der Waals surface area (Å²) in [7, 11) is -6.85. The quantitative estimate of drug-likeness (QED) is 0.114. The van der Waals surface area contributed by atoms with Gasteiger partial charge in [0.05, 0.1) is 47.3 Å². The standard InChI is InChI=1S/C26H30N4O10S2/c1-16(2)26(32)40-11-10-39-12-13-41(33,34)23-15-22(38-5)21(14-17(23)3)27-28-24-18(4)29-30(25(24)31)19-6-8-20(9-7-19)42(35,36)37/h6-9,14-15,24H,1,10-13H2,2-5H3,(H,35,36,37)/b28-27+. The average molecular weight is 623 g/mol. The largest absolute Gasteiger partial charge is 0.494 e. The molecule has 3 rings (SSSR count). The highest BCUT2D eigenvalue weighted by atomic mass is 32.2. The van der Waals surface area contributed by atoms with Crippen LogP contribution in [0, 0.1) is 6.92 Å². The first-order valence-electron chi connectivity index (χ1n) is 12.3. The first kappa shape index (κ1) is 32.5. The molecule has 1 heterocycles. The second kappa shape index (κ2) is 13.3. The molecule has 0 bridgehead atoms. The zero-order chi connectivity index (χ0) is 31.2. The SMILES string of the molecule is C=C(C)C(=O)OCCOCCS(=O)(=O)c1cc(OC)c(/N=N/C2C(=O)N(c3ccc(S(=O)(=O)O)cc3)N=C2C)cc1C. The number of ether oxygens (including phenoxy) is 3. The van der Waals surface area contributed by atoms with Crippen LogP contribution in [0.2, 0.25) is 0 Å². The summed E-state index contributed by atoms with van der Waals surface area (Å²) in [6.45, 7) is 7.97. The van der Waals surface area contributed by atoms with Crippen molar-refractivity contribution < 1.29 is 45.2 Å². The summed E-state index contributed by atoms with van der Waals surface area (Å²) in [6, 6.07) is 6.58. The maximum absolute atomic E-state index is 13.0. The normalized spacial score (nSPS) is 15.6. The lowest BCUT2D eigenvalue weighted by Gasteiger charge is -2.13. The Morgan fingerprint density at radius 2 is 1.76 bits per heavy atom. The highest BCUT2D eigenvalue weighted by Crippen LogP contribution is 2.34. The molecule has 16 heteroatoms. The monoisotopic (exact) mass is 622 g/mol. The Bertz CT molecular complexity index is 1650. The number of benzene rings is 2. The van der Waals surface area contributed by atoms with Gasteiger partial charge in [0.25, 0.3) is 16.0 Å². The van der Waals surface area contributed by atoms with E-state index in [0.717, 1.165) is 17.1 Å². The second-order valence-electron chi connectivity index (χ2n) is 9.12. The number of carbonyl (C=O) groups excluding carboxylic acids is 2. The Kier molecular flexibility index (Phi) is 10.3. The number of amides is 1. The number of rotatable bonds is 13. The van der Waals surface area contributed by atoms with Gasteiger partial charge >= 0.3 is 5.97 Å². The van der Waals surface area contributed by atoms with Crippen molar-refractivity contribution in [2.45, 2.75) is 36.6 Å². The average Bonchev–Trinajstić information content (AvgIpc) is 3.21. The molecule has 0 radical (unpaired) electrons. The van der Waals surface area contributed by atoms with Gasteiger partial charge in [-0.15, -0.1) is 0 Å². The summed E-state index contributed by atoms with van der Waals surface area (Å²) in [4.78, 5) is 24.0. The minimum Gasteiger partial charge on any atom is -0.494 e. The number of methoxy groups -OCH3 is 1. The summed E-state index contributed by atoms with van der Waals surface area (Å²) in [5.74, 6) is -1.34. The van der Waals surface area contributed by atoms with Gasteiger partial charge in [0, 0.05) is 11.6 Å². The van der Waals surface area contributed by atoms with Gasteiger partial charge < -0.3 is 14.2 Å². The summed E-state index contributed by atoms with van der Waals surface area (Å²) < 4.78 is 73.1. The van der Waals surface area contributed by atoms with Crippen molar-refractivity contribution >= 4 is 48.9 Å². The predicted molar refractivity (Wildman–Crippen MR) is 152 cm³/mol. The van der Waals surface area contributed by atoms with Gasteiger partial charge in [-0.2, -0.15) is 28.8 Å². The smallest absolute Gasteiger partial charge is 0.333 e. The van der Waals surface area contributed by atoms with Crippen molar-refractivity contribution in [1.82, 2.24) is 0 Å². The maximum Gasteiger partial charge on any atom is 0.333 e. The van der Waals surface area contributed by atoms with E-state index in [0.29, 0.717) is 11.3 Å². The van der Waals surface area contributed by atoms with Crippen molar-refractivity contribution in [3.05, 3.63) is 54.1 Å². The lowest BCUT2D eigenvalue weighted by Crippen LogP contribution is -2.29. The van der Waals surface area contributed by atoms with E-state index in [1.165, 1.54) is 38.3 Å². The molecule has 1 amide bonds. The van der Waals surface area contributed by atoms with Gasteiger partial charge in [0.2, 0.25) is 0 Å². The molecule has 42 heavy (non-hydrogen) atoms. The van der Waals surface area contributed by atoms with Crippen LogP contribution in [0.1, 0.15) is 19.4 Å². The number of hydrogen-bond donors (Lipinski definition) is 1. The summed E-state index contributed by atoms with van der Waals surface area (Å²) in [5, 5.41) is 13.5. The molecule has 2 aromatic carbocycles. The fraction of sp³-hybridized carbons (Fsp3) is 0.346. The molecule has 1 aliphatic heterocycles. The van der Waals surface area contributed by atoms with E-state index in [4.69, 9.17) is 18.8 Å². The highest BCUT2D eigenvalue weighted by Gasteiger charge is 2.35. The first-order valence-corrected chi connectivity index (χ1v) is 15.4. The Morgan fingerprint density at radius 3 is 2.36 bits per heavy atom. The van der Waals surface area contributed by atoms with E-state index < -0.39 is 37.9 Å². The van der Waals surface area contributed by atoms with Gasteiger partial charge in [0.15, 0.2) is 15.9 Å². The van der Waals surface area contributed by atoms with Gasteiger partial charge in [-0.3, -0.25) is 9.35 Å². The number of esters is 1. The first-order chi connectivity index (χ1) is 19.7. The Balaban J connectivity index is 1.70. The van der Waals surface area contributed by atoms with Crippen molar-refractivity contribution in [3.63, 3.8) is 0 Å². The molecule has 0 saturated carbocycles. The lowest BCUT2D eigenvalue weighted by molar-refractivity contribution is -0.140. The van der Waals surface area contributed by atoms with E-state index in [1.807, 2.05) is 0 Å². The number of azo groups is 1. The minimum atomic E-state index is -4.40. The van der Waals surface area contributed by atoms with Gasteiger partial charge in [-0.05, 0) is 56.7 Å². The Labute approximate surface area is 243 Å². The molecular weight excluding hydrogens is 592 g/mol. The summed E-state index contributed by atoms with van der Waals surface area (Å²) >= 11 is 0. The van der Waals surface area contributed by atoms with Crippen molar-refractivity contribution in [1.29, 1.82) is 0 Å². The number of hydrogen-bond acceptors (Lipinski definition) is 12. The van der Waals surface area contributed by atoms with Crippen LogP contribution in [0.25, 0.3) is 0 Å². The van der Waals surface area contributed by atoms with Gasteiger partial charge in [-0.25, -0.2) is 13.2 Å². The molecule has 1 N–H and O–H groups in total. The van der Waals surface area contributed by atoms with Crippen molar-refractivity contribution in [2.75, 3.05) is 37.7 Å². The summed E-state index contributed by atoms with van der Waals surface area (Å²) in [6.07, 6.45) is 0. The molecule has 0 saturated heterocycles. The number of nitrogens with zero attached hydrogens (tertiary/aromatic N) is 4. The van der Waals surface area contributed by atoms with Gasteiger partial charge in [0.1, 0.15) is 18.0 Å². The zero-order valence-electron chi connectivity index (χ0n) is 23.3. The third kappa shape index (κ3) is 7.84. The third-order valence-electron chi connectivity index (χ3n) is 5.87. The van der Waals surface area contributed by atoms with Gasteiger partial charge in [-0.1, -0.05) is 6.58 Å². The van der Waals surface area contributed by atoms with Crippen LogP contribution in [-0.4, -0.2) is 77.7 Å². The number of anilines is 1. The number of hydrazone groups is 1. The van der Waals surface area contributed by atoms with Crippen molar-refractivity contribution in [3.8, 4) is 5.75 Å². The number of aryl methyl sites for hydroxylation is 1. The van der Waals surface area contributed by atoms with Crippen LogP contribution in [-0.2, 0) is 39.0 Å². The maximum atomic E-state index is 13.0. The Morgan fingerprint density at radius 1 is 1.10 bits per heavy atom. The second-order valence-corrected chi connectivity index (χ2v) is 12.6. The van der Waals surface area contributed by atoms with Crippen LogP contribution < -0.4 is 9.75 Å². The molecule has 1 atom stereocenters. The molecular formula is C26H30N4O10S2. The van der Waals surface area contributed by atoms with Crippen LogP contribution in [0.4, 0.5) is 11.4 Å². The van der Waals surface area contributed by atoms with E-state index in [2.05, 4.69) is 21.9 Å². The third-order valence-corrected chi connectivity index (χ3v) is 8.56. The fourth-order valence-corrected chi connectivity index (χ4v) is 5.55. The van der Waals surface area contributed by atoms with E-state index in [1.54, 1.807) is 13.8 Å². The van der Waals surface area contributed by atoms with E-state index >= 15 is 0 Å². The molecule has 14 nitrogen and oxygen atoms in total. The molecule has 0 fully saturated rings. The molecule has 0 spiro atoms. The number of sulfone groups is 1. The Hall–Kier alpha value is -3.99. The molecule has 1 aliphatic rings. The summed E-state index contributed by atoms with van der Waals surface area (Å²) in [5.41, 5.74) is 1.36. The highest BCUT2D eigenvalue weighted by molar-refractivity contribution is 7.91. The van der Waals surface area contributed by atoms with Crippen LogP contribution in [0.15, 0.2) is 73.7 Å².